The summed E-state index contributed by atoms with van der Waals surface area (Å²) in [6.45, 7) is 7.50. The van der Waals surface area contributed by atoms with Crippen LogP contribution in [0, 0.1) is 5.41 Å². The van der Waals surface area contributed by atoms with Gasteiger partial charge in [-0.25, -0.2) is 4.79 Å². The second-order valence-electron chi connectivity index (χ2n) is 8.25. The van der Waals surface area contributed by atoms with Crippen LogP contribution in [-0.2, 0) is 10.9 Å². The highest BCUT2D eigenvalue weighted by atomic mass is 19.4. The summed E-state index contributed by atoms with van der Waals surface area (Å²) < 4.78 is 45.2. The van der Waals surface area contributed by atoms with Crippen molar-refractivity contribution >= 4 is 11.8 Å². The molecule has 0 N–H and O–H groups in total. The van der Waals surface area contributed by atoms with E-state index in [0.29, 0.717) is 26.2 Å². The van der Waals surface area contributed by atoms with Crippen LogP contribution in [0.3, 0.4) is 0 Å². The van der Waals surface area contributed by atoms with E-state index < -0.39 is 17.3 Å². The van der Waals surface area contributed by atoms with Crippen molar-refractivity contribution in [2.75, 3.05) is 31.1 Å². The summed E-state index contributed by atoms with van der Waals surface area (Å²) in [6.07, 6.45) is -0.645. The number of piperidine rings is 1. The predicted octanol–water partition coefficient (Wildman–Crippen LogP) is 3.94. The molecule has 2 saturated heterocycles. The van der Waals surface area contributed by atoms with Gasteiger partial charge in [-0.2, -0.15) is 13.2 Å². The maximum atomic E-state index is 13.3. The molecule has 1 aromatic heterocycles. The largest absolute Gasteiger partial charge is 0.444 e. The highest BCUT2D eigenvalue weighted by Gasteiger charge is 2.49. The summed E-state index contributed by atoms with van der Waals surface area (Å²) in [5.41, 5.74) is -1.27. The number of carbonyl (C=O) groups is 1. The van der Waals surface area contributed by atoms with Gasteiger partial charge in [0.05, 0.1) is 17.4 Å². The first-order valence-electron chi connectivity index (χ1n) is 8.73. The average molecular weight is 371 g/mol. The lowest BCUT2D eigenvalue weighted by Gasteiger charge is -2.54. The number of anilines is 1. The molecule has 2 aliphatic rings. The number of hydrogen-bond donors (Lipinski definition) is 0. The van der Waals surface area contributed by atoms with Crippen LogP contribution in [0.15, 0.2) is 18.5 Å². The zero-order valence-corrected chi connectivity index (χ0v) is 15.3. The maximum absolute atomic E-state index is 13.3. The third-order valence-electron chi connectivity index (χ3n) is 4.81. The van der Waals surface area contributed by atoms with Crippen LogP contribution < -0.4 is 4.90 Å². The molecule has 0 radical (unpaired) electrons. The fraction of sp³-hybridized carbons (Fsp3) is 0.667. The standard InChI is InChI=1S/C18H24F3N3O2/c1-16(2,3)26-15(25)24-11-17(12-24)6-4-8-23(10-17)14-9-22-7-5-13(14)18(19,20)21/h5,7,9H,4,6,8,10-12H2,1-3H3. The van der Waals surface area contributed by atoms with E-state index in [-0.39, 0.29) is 17.2 Å². The minimum Gasteiger partial charge on any atom is -0.444 e. The van der Waals surface area contributed by atoms with Gasteiger partial charge in [0.25, 0.3) is 0 Å². The zero-order valence-electron chi connectivity index (χ0n) is 15.3. The minimum atomic E-state index is -4.41. The topological polar surface area (TPSA) is 45.7 Å². The van der Waals surface area contributed by atoms with Crippen LogP contribution in [0.5, 0.6) is 0 Å². The van der Waals surface area contributed by atoms with Crippen molar-refractivity contribution in [1.82, 2.24) is 9.88 Å². The molecule has 1 aromatic rings. The van der Waals surface area contributed by atoms with Crippen molar-refractivity contribution in [3.8, 4) is 0 Å². The number of carbonyl (C=O) groups excluding carboxylic acids is 1. The molecule has 0 unspecified atom stereocenters. The van der Waals surface area contributed by atoms with Gasteiger partial charge in [-0.3, -0.25) is 4.98 Å². The highest BCUT2D eigenvalue weighted by molar-refractivity contribution is 5.69. The lowest BCUT2D eigenvalue weighted by molar-refractivity contribution is -0.137. The number of hydrogen-bond acceptors (Lipinski definition) is 4. The molecular formula is C18H24F3N3O2. The molecular weight excluding hydrogens is 347 g/mol. The number of pyridine rings is 1. The molecule has 8 heteroatoms. The molecule has 1 spiro atoms. The van der Waals surface area contributed by atoms with Crippen LogP contribution in [0.2, 0.25) is 0 Å². The fourth-order valence-corrected chi connectivity index (χ4v) is 3.77. The summed E-state index contributed by atoms with van der Waals surface area (Å²) in [5.74, 6) is 0. The van der Waals surface area contributed by atoms with E-state index in [1.807, 2.05) is 20.8 Å². The lowest BCUT2D eigenvalue weighted by Crippen LogP contribution is -2.64. The average Bonchev–Trinajstić information content (AvgIpc) is 2.50. The van der Waals surface area contributed by atoms with Gasteiger partial charge >= 0.3 is 12.3 Å². The number of ether oxygens (including phenoxy) is 1. The summed E-state index contributed by atoms with van der Waals surface area (Å²) in [6, 6.07) is 1.02. The summed E-state index contributed by atoms with van der Waals surface area (Å²) >= 11 is 0. The first kappa shape index (κ1) is 18.8. The van der Waals surface area contributed by atoms with E-state index in [1.54, 1.807) is 9.80 Å². The summed E-state index contributed by atoms with van der Waals surface area (Å²) in [4.78, 5) is 19.4. The third-order valence-corrected chi connectivity index (χ3v) is 4.81. The number of alkyl halides is 3. The molecule has 1 amide bonds. The van der Waals surface area contributed by atoms with Crippen LogP contribution in [0.4, 0.5) is 23.7 Å². The molecule has 5 nitrogen and oxygen atoms in total. The van der Waals surface area contributed by atoms with Crippen molar-refractivity contribution in [3.05, 3.63) is 24.0 Å². The Bertz CT molecular complexity index is 679. The van der Waals surface area contributed by atoms with Gasteiger partial charge in [0, 0.05) is 37.8 Å². The van der Waals surface area contributed by atoms with Gasteiger partial charge in [0.15, 0.2) is 0 Å². The molecule has 0 aliphatic carbocycles. The molecule has 3 rings (SSSR count). The van der Waals surface area contributed by atoms with Gasteiger partial charge in [0.2, 0.25) is 0 Å². The van der Waals surface area contributed by atoms with E-state index in [1.165, 1.54) is 12.4 Å². The van der Waals surface area contributed by atoms with E-state index in [2.05, 4.69) is 4.98 Å². The first-order chi connectivity index (χ1) is 12.0. The summed E-state index contributed by atoms with van der Waals surface area (Å²) in [7, 11) is 0. The van der Waals surface area contributed by atoms with E-state index in [9.17, 15) is 18.0 Å². The quantitative estimate of drug-likeness (QED) is 0.750. The van der Waals surface area contributed by atoms with Gasteiger partial charge in [-0.15, -0.1) is 0 Å². The molecule has 2 fully saturated rings. The minimum absolute atomic E-state index is 0.120. The molecule has 0 saturated carbocycles. The van der Waals surface area contributed by atoms with Crippen molar-refractivity contribution < 1.29 is 22.7 Å². The van der Waals surface area contributed by atoms with Crippen molar-refractivity contribution in [2.24, 2.45) is 5.41 Å². The molecule has 0 aromatic carbocycles. The van der Waals surface area contributed by atoms with Crippen LogP contribution >= 0.6 is 0 Å². The SMILES string of the molecule is CC(C)(C)OC(=O)N1CC2(CCCN(c3cnccc3C(F)(F)F)C2)C1. The number of nitrogens with zero attached hydrogens (tertiary/aromatic N) is 3. The Morgan fingerprint density at radius 1 is 1.23 bits per heavy atom. The van der Waals surface area contributed by atoms with Crippen molar-refractivity contribution in [3.63, 3.8) is 0 Å². The molecule has 144 valence electrons. The van der Waals surface area contributed by atoms with Crippen LogP contribution in [0.1, 0.15) is 39.2 Å². The van der Waals surface area contributed by atoms with Gasteiger partial charge in [-0.1, -0.05) is 0 Å². The fourth-order valence-electron chi connectivity index (χ4n) is 3.77. The van der Waals surface area contributed by atoms with Crippen molar-refractivity contribution in [2.45, 2.75) is 45.4 Å². The molecule has 26 heavy (non-hydrogen) atoms. The predicted molar refractivity (Wildman–Crippen MR) is 90.9 cm³/mol. The number of aromatic nitrogens is 1. The smallest absolute Gasteiger partial charge is 0.418 e. The lowest BCUT2D eigenvalue weighted by atomic mass is 9.73. The van der Waals surface area contributed by atoms with Gasteiger partial charge in [0.1, 0.15) is 5.60 Å². The van der Waals surface area contributed by atoms with Gasteiger partial charge < -0.3 is 14.5 Å². The molecule has 2 aliphatic heterocycles. The maximum Gasteiger partial charge on any atom is 0.418 e. The van der Waals surface area contributed by atoms with Crippen molar-refractivity contribution in [1.29, 1.82) is 0 Å². The number of likely N-dealkylation sites (tertiary alicyclic amines) is 1. The monoisotopic (exact) mass is 371 g/mol. The van der Waals surface area contributed by atoms with E-state index in [4.69, 9.17) is 4.74 Å². The Labute approximate surface area is 151 Å². The molecule has 0 atom stereocenters. The Morgan fingerprint density at radius 3 is 2.54 bits per heavy atom. The number of rotatable bonds is 1. The van der Waals surface area contributed by atoms with Gasteiger partial charge in [-0.05, 0) is 39.7 Å². The normalized spacial score (nSPS) is 20.1. The third kappa shape index (κ3) is 3.88. The number of amides is 1. The zero-order chi connectivity index (χ0) is 19.2. The second kappa shape index (κ2) is 6.32. The number of halogens is 3. The summed E-state index contributed by atoms with van der Waals surface area (Å²) in [5, 5.41) is 0. The second-order valence-corrected chi connectivity index (χ2v) is 8.25. The Balaban J connectivity index is 1.70. The molecule has 0 bridgehead atoms. The molecule has 3 heterocycles. The first-order valence-corrected chi connectivity index (χ1v) is 8.73. The Hall–Kier alpha value is -1.99. The highest BCUT2D eigenvalue weighted by Crippen LogP contribution is 2.43. The van der Waals surface area contributed by atoms with E-state index in [0.717, 1.165) is 18.9 Å². The van der Waals surface area contributed by atoms with E-state index >= 15 is 0 Å². The van der Waals surface area contributed by atoms with Crippen LogP contribution in [-0.4, -0.2) is 47.8 Å². The Morgan fingerprint density at radius 2 is 1.92 bits per heavy atom. The van der Waals surface area contributed by atoms with Crippen LogP contribution in [0.25, 0.3) is 0 Å². The Kier molecular flexibility index (Phi) is 4.56.